The number of hydrogen-bond acceptors (Lipinski definition) is 7. The Morgan fingerprint density at radius 1 is 1.07 bits per heavy atom. The Balaban J connectivity index is 2.58. The fourth-order valence-corrected chi connectivity index (χ4v) is 3.73. The topological polar surface area (TPSA) is 73.4 Å². The first kappa shape index (κ1) is 12.3. The van der Waals surface area contributed by atoms with E-state index in [1.54, 1.807) is 0 Å². The molecule has 1 aromatic heterocycles. The van der Waals surface area contributed by atoms with Crippen molar-refractivity contribution >= 4 is 34.9 Å². The summed E-state index contributed by atoms with van der Waals surface area (Å²) in [5, 5.41) is 24.9. The maximum atomic E-state index is 8.62. The van der Waals surface area contributed by atoms with Gasteiger partial charge in [-0.25, -0.2) is 0 Å². The van der Waals surface area contributed by atoms with E-state index in [0.29, 0.717) is 0 Å². The molecule has 0 saturated carbocycles. The van der Waals surface area contributed by atoms with Crippen molar-refractivity contribution in [3.05, 3.63) is 0 Å². The lowest BCUT2D eigenvalue weighted by Crippen LogP contribution is -1.88. The molecule has 4 nitrogen and oxygen atoms in total. The molecule has 0 spiro atoms. The highest BCUT2D eigenvalue weighted by Crippen LogP contribution is 2.32. The summed E-state index contributed by atoms with van der Waals surface area (Å²) in [6.45, 7) is 3.63. The minimum absolute atomic E-state index is 0.121. The minimum atomic E-state index is -0.121. The van der Waals surface area contributed by atoms with Crippen LogP contribution in [0.1, 0.15) is 13.8 Å². The summed E-state index contributed by atoms with van der Waals surface area (Å²) in [4.78, 5) is 0. The van der Waals surface area contributed by atoms with Crippen molar-refractivity contribution in [2.75, 3.05) is 0 Å². The SMILES string of the molecule is C[C@H](C#N)Sc1nnc(S[C@H](C)C#N)s1. The van der Waals surface area contributed by atoms with Crippen LogP contribution in [-0.4, -0.2) is 20.7 Å². The zero-order valence-corrected chi connectivity index (χ0v) is 10.6. The first-order valence-corrected chi connectivity index (χ1v) is 6.69. The van der Waals surface area contributed by atoms with Gasteiger partial charge < -0.3 is 0 Å². The van der Waals surface area contributed by atoms with Crippen molar-refractivity contribution in [1.82, 2.24) is 10.2 Å². The maximum absolute atomic E-state index is 8.62. The summed E-state index contributed by atoms with van der Waals surface area (Å²) < 4.78 is 1.55. The van der Waals surface area contributed by atoms with Gasteiger partial charge in [-0.2, -0.15) is 10.5 Å². The van der Waals surface area contributed by atoms with Gasteiger partial charge in [-0.05, 0) is 13.8 Å². The Kier molecular flexibility index (Phi) is 4.89. The zero-order valence-electron chi connectivity index (χ0n) is 8.17. The number of rotatable bonds is 4. The van der Waals surface area contributed by atoms with Gasteiger partial charge >= 0.3 is 0 Å². The number of thioether (sulfide) groups is 2. The van der Waals surface area contributed by atoms with E-state index in [1.807, 2.05) is 13.8 Å². The van der Waals surface area contributed by atoms with Gasteiger partial charge in [0.25, 0.3) is 0 Å². The van der Waals surface area contributed by atoms with Gasteiger partial charge in [0.15, 0.2) is 8.68 Å². The first-order valence-electron chi connectivity index (χ1n) is 4.11. The summed E-state index contributed by atoms with van der Waals surface area (Å²) in [5.41, 5.74) is 0. The summed E-state index contributed by atoms with van der Waals surface area (Å²) in [7, 11) is 0. The largest absolute Gasteiger partial charge is 0.197 e. The van der Waals surface area contributed by atoms with Crippen molar-refractivity contribution in [2.45, 2.75) is 33.0 Å². The summed E-state index contributed by atoms with van der Waals surface area (Å²) in [5.74, 6) is 0. The molecule has 0 amide bonds. The van der Waals surface area contributed by atoms with Crippen molar-refractivity contribution < 1.29 is 0 Å². The third kappa shape index (κ3) is 4.08. The van der Waals surface area contributed by atoms with E-state index in [-0.39, 0.29) is 10.5 Å². The number of nitriles is 2. The molecule has 0 bridgehead atoms. The molecule has 0 fully saturated rings. The highest BCUT2D eigenvalue weighted by molar-refractivity contribution is 8.04. The lowest BCUT2D eigenvalue weighted by atomic mass is 10.5. The quantitative estimate of drug-likeness (QED) is 0.771. The van der Waals surface area contributed by atoms with Crippen LogP contribution in [0.3, 0.4) is 0 Å². The van der Waals surface area contributed by atoms with Crippen molar-refractivity contribution in [3.63, 3.8) is 0 Å². The zero-order chi connectivity index (χ0) is 11.3. The molecule has 0 N–H and O–H groups in total. The molecule has 2 atom stereocenters. The van der Waals surface area contributed by atoms with Gasteiger partial charge in [0, 0.05) is 0 Å². The monoisotopic (exact) mass is 256 g/mol. The summed E-state index contributed by atoms with van der Waals surface area (Å²) in [6, 6.07) is 4.23. The average Bonchev–Trinajstić information content (AvgIpc) is 2.65. The Bertz CT molecular complexity index is 366. The average molecular weight is 256 g/mol. The Hall–Kier alpha value is -0.760. The molecule has 0 aromatic carbocycles. The van der Waals surface area contributed by atoms with E-state index in [1.165, 1.54) is 34.9 Å². The molecule has 1 rings (SSSR count). The second-order valence-corrected chi connectivity index (χ2v) is 6.77. The van der Waals surface area contributed by atoms with Gasteiger partial charge in [-0.1, -0.05) is 34.9 Å². The molecular formula is C8H8N4S3. The molecule has 1 heterocycles. The molecule has 15 heavy (non-hydrogen) atoms. The highest BCUT2D eigenvalue weighted by Gasteiger charge is 2.11. The second kappa shape index (κ2) is 5.96. The fourth-order valence-electron chi connectivity index (χ4n) is 0.648. The third-order valence-electron chi connectivity index (χ3n) is 1.31. The van der Waals surface area contributed by atoms with Crippen LogP contribution in [-0.2, 0) is 0 Å². The summed E-state index contributed by atoms with van der Waals surface area (Å²) >= 11 is 4.20. The molecule has 0 aliphatic carbocycles. The fraction of sp³-hybridized carbons (Fsp3) is 0.500. The molecule has 1 aromatic rings. The molecule has 0 unspecified atom stereocenters. The van der Waals surface area contributed by atoms with Gasteiger partial charge in [-0.15, -0.1) is 10.2 Å². The standard InChI is InChI=1S/C8H8N4S3/c1-5(3-9)13-7-11-12-8(15-7)14-6(2)4-10/h5-6H,1-2H3/t5-,6-/m1/s1. The minimum Gasteiger partial charge on any atom is -0.197 e. The van der Waals surface area contributed by atoms with Crippen molar-refractivity contribution in [1.29, 1.82) is 10.5 Å². The number of hydrogen-bond donors (Lipinski definition) is 0. The lowest BCUT2D eigenvalue weighted by Gasteiger charge is -1.95. The second-order valence-electron chi connectivity index (χ2n) is 2.61. The van der Waals surface area contributed by atoms with Crippen LogP contribution >= 0.6 is 34.9 Å². The van der Waals surface area contributed by atoms with Crippen LogP contribution in [0.15, 0.2) is 8.68 Å². The van der Waals surface area contributed by atoms with Crippen LogP contribution in [0.5, 0.6) is 0 Å². The van der Waals surface area contributed by atoms with Gasteiger partial charge in [0.1, 0.15) is 0 Å². The molecular weight excluding hydrogens is 248 g/mol. The molecule has 7 heteroatoms. The predicted octanol–water partition coefficient (Wildman–Crippen LogP) is 2.55. The maximum Gasteiger partial charge on any atom is 0.176 e. The van der Waals surface area contributed by atoms with Crippen LogP contribution in [0, 0.1) is 22.7 Å². The van der Waals surface area contributed by atoms with Gasteiger partial charge in [-0.3, -0.25) is 0 Å². The first-order chi connectivity index (χ1) is 7.15. The van der Waals surface area contributed by atoms with Crippen molar-refractivity contribution in [2.24, 2.45) is 0 Å². The van der Waals surface area contributed by atoms with Gasteiger partial charge in [0.2, 0.25) is 0 Å². The Morgan fingerprint density at radius 3 is 1.80 bits per heavy atom. The van der Waals surface area contributed by atoms with Crippen LogP contribution in [0.4, 0.5) is 0 Å². The van der Waals surface area contributed by atoms with E-state index < -0.39 is 0 Å². The predicted molar refractivity (Wildman–Crippen MR) is 61.8 cm³/mol. The van der Waals surface area contributed by atoms with E-state index >= 15 is 0 Å². The molecule has 0 aliphatic rings. The van der Waals surface area contributed by atoms with E-state index in [4.69, 9.17) is 10.5 Å². The highest BCUT2D eigenvalue weighted by atomic mass is 32.2. The third-order valence-corrected chi connectivity index (χ3v) is 4.38. The lowest BCUT2D eigenvalue weighted by molar-refractivity contribution is 0.951. The molecule has 0 radical (unpaired) electrons. The Morgan fingerprint density at radius 2 is 1.47 bits per heavy atom. The number of nitrogens with zero attached hydrogens (tertiary/aromatic N) is 4. The van der Waals surface area contributed by atoms with E-state index in [9.17, 15) is 0 Å². The molecule has 78 valence electrons. The smallest absolute Gasteiger partial charge is 0.176 e. The summed E-state index contributed by atoms with van der Waals surface area (Å²) in [6.07, 6.45) is 0. The Labute approximate surface area is 101 Å². The van der Waals surface area contributed by atoms with E-state index in [2.05, 4.69) is 22.3 Å². The molecule has 0 aliphatic heterocycles. The van der Waals surface area contributed by atoms with Crippen LogP contribution in [0.25, 0.3) is 0 Å². The van der Waals surface area contributed by atoms with Crippen LogP contribution < -0.4 is 0 Å². The van der Waals surface area contributed by atoms with E-state index in [0.717, 1.165) is 8.68 Å². The van der Waals surface area contributed by atoms with Crippen molar-refractivity contribution in [3.8, 4) is 12.1 Å². The number of aromatic nitrogens is 2. The van der Waals surface area contributed by atoms with Crippen LogP contribution in [0.2, 0.25) is 0 Å². The van der Waals surface area contributed by atoms with Gasteiger partial charge in [0.05, 0.1) is 22.6 Å². The normalized spacial score (nSPS) is 13.9. The molecule has 0 saturated heterocycles.